The highest BCUT2D eigenvalue weighted by atomic mass is 16.6. The lowest BCUT2D eigenvalue weighted by Crippen LogP contribution is -2.21. The SMILES string of the molecule is CC=CC(=O)OCC1CCC=CO1. The van der Waals surface area contributed by atoms with Gasteiger partial charge in [-0.25, -0.2) is 4.79 Å². The summed E-state index contributed by atoms with van der Waals surface area (Å²) in [5.41, 5.74) is 0. The van der Waals surface area contributed by atoms with E-state index in [2.05, 4.69) is 0 Å². The van der Waals surface area contributed by atoms with Crippen LogP contribution in [-0.4, -0.2) is 18.7 Å². The summed E-state index contributed by atoms with van der Waals surface area (Å²) < 4.78 is 10.2. The van der Waals surface area contributed by atoms with Crippen LogP contribution in [0.2, 0.25) is 0 Å². The maximum absolute atomic E-state index is 10.9. The van der Waals surface area contributed by atoms with E-state index in [0.29, 0.717) is 6.61 Å². The fourth-order valence-electron chi connectivity index (χ4n) is 1.07. The molecule has 3 heteroatoms. The molecule has 0 saturated carbocycles. The van der Waals surface area contributed by atoms with Crippen molar-refractivity contribution >= 4 is 5.97 Å². The van der Waals surface area contributed by atoms with E-state index in [1.165, 1.54) is 6.08 Å². The van der Waals surface area contributed by atoms with Gasteiger partial charge in [-0.2, -0.15) is 0 Å². The summed E-state index contributed by atoms with van der Waals surface area (Å²) in [6, 6.07) is 0. The molecule has 13 heavy (non-hydrogen) atoms. The molecule has 0 bridgehead atoms. The van der Waals surface area contributed by atoms with Gasteiger partial charge < -0.3 is 9.47 Å². The Kier molecular flexibility index (Phi) is 4.09. The summed E-state index contributed by atoms with van der Waals surface area (Å²) in [7, 11) is 0. The van der Waals surface area contributed by atoms with E-state index in [0.717, 1.165) is 12.8 Å². The first-order chi connectivity index (χ1) is 6.33. The number of carbonyl (C=O) groups excluding carboxylic acids is 1. The number of carbonyl (C=O) groups is 1. The normalized spacial score (nSPS) is 21.5. The van der Waals surface area contributed by atoms with Gasteiger partial charge in [-0.3, -0.25) is 0 Å². The summed E-state index contributed by atoms with van der Waals surface area (Å²) in [5, 5.41) is 0. The van der Waals surface area contributed by atoms with Gasteiger partial charge in [0.1, 0.15) is 12.7 Å². The number of esters is 1. The number of hydrogen-bond donors (Lipinski definition) is 0. The van der Waals surface area contributed by atoms with Crippen LogP contribution in [0.4, 0.5) is 0 Å². The zero-order chi connectivity index (χ0) is 9.52. The van der Waals surface area contributed by atoms with E-state index in [4.69, 9.17) is 9.47 Å². The molecule has 1 aliphatic rings. The van der Waals surface area contributed by atoms with Crippen molar-refractivity contribution in [3.8, 4) is 0 Å². The van der Waals surface area contributed by atoms with Gasteiger partial charge in [0.2, 0.25) is 0 Å². The van der Waals surface area contributed by atoms with E-state index >= 15 is 0 Å². The number of hydrogen-bond acceptors (Lipinski definition) is 3. The van der Waals surface area contributed by atoms with E-state index in [9.17, 15) is 4.79 Å². The first-order valence-corrected chi connectivity index (χ1v) is 4.43. The second kappa shape index (κ2) is 5.41. The van der Waals surface area contributed by atoms with Crippen LogP contribution in [0.25, 0.3) is 0 Å². The van der Waals surface area contributed by atoms with Crippen molar-refractivity contribution < 1.29 is 14.3 Å². The van der Waals surface area contributed by atoms with Gasteiger partial charge in [0.05, 0.1) is 6.26 Å². The minimum Gasteiger partial charge on any atom is -0.495 e. The van der Waals surface area contributed by atoms with Crippen LogP contribution in [0.5, 0.6) is 0 Å². The molecule has 0 N–H and O–H groups in total. The third kappa shape index (κ3) is 3.78. The van der Waals surface area contributed by atoms with Crippen LogP contribution in [0.15, 0.2) is 24.5 Å². The van der Waals surface area contributed by atoms with Gasteiger partial charge in [0.15, 0.2) is 0 Å². The molecule has 1 heterocycles. The number of allylic oxidation sites excluding steroid dienone is 2. The van der Waals surface area contributed by atoms with Crippen molar-refractivity contribution in [1.82, 2.24) is 0 Å². The summed E-state index contributed by atoms with van der Waals surface area (Å²) >= 11 is 0. The lowest BCUT2D eigenvalue weighted by atomic mass is 10.2. The van der Waals surface area contributed by atoms with E-state index < -0.39 is 0 Å². The first-order valence-electron chi connectivity index (χ1n) is 4.43. The Morgan fingerprint density at radius 2 is 2.62 bits per heavy atom. The predicted octanol–water partition coefficient (Wildman–Crippen LogP) is 1.80. The fourth-order valence-corrected chi connectivity index (χ4v) is 1.07. The van der Waals surface area contributed by atoms with Crippen LogP contribution < -0.4 is 0 Å². The highest BCUT2D eigenvalue weighted by molar-refractivity contribution is 5.81. The molecule has 1 aliphatic heterocycles. The van der Waals surface area contributed by atoms with Crippen LogP contribution >= 0.6 is 0 Å². The third-order valence-electron chi connectivity index (χ3n) is 1.74. The Labute approximate surface area is 78.0 Å². The second-order valence-corrected chi connectivity index (χ2v) is 2.84. The average Bonchev–Trinajstić information content (AvgIpc) is 2.17. The second-order valence-electron chi connectivity index (χ2n) is 2.84. The summed E-state index contributed by atoms with van der Waals surface area (Å²) in [5.74, 6) is -0.305. The minimum absolute atomic E-state index is 0.0270. The molecule has 3 nitrogen and oxygen atoms in total. The molecule has 0 saturated heterocycles. The van der Waals surface area contributed by atoms with Crippen molar-refractivity contribution in [2.45, 2.75) is 25.9 Å². The molecule has 0 aromatic heterocycles. The lowest BCUT2D eigenvalue weighted by Gasteiger charge is -2.18. The Hall–Kier alpha value is -1.25. The maximum Gasteiger partial charge on any atom is 0.330 e. The van der Waals surface area contributed by atoms with E-state index in [1.54, 1.807) is 19.3 Å². The first kappa shape index (κ1) is 9.84. The molecule has 72 valence electrons. The lowest BCUT2D eigenvalue weighted by molar-refractivity contribution is -0.141. The summed E-state index contributed by atoms with van der Waals surface area (Å²) in [4.78, 5) is 10.9. The molecule has 1 rings (SSSR count). The van der Waals surface area contributed by atoms with Gasteiger partial charge in [-0.15, -0.1) is 0 Å². The quantitative estimate of drug-likeness (QED) is 0.493. The molecule has 0 spiro atoms. The Morgan fingerprint density at radius 3 is 3.23 bits per heavy atom. The van der Waals surface area contributed by atoms with Gasteiger partial charge in [-0.1, -0.05) is 6.08 Å². The highest BCUT2D eigenvalue weighted by Crippen LogP contribution is 2.10. The Bertz CT molecular complexity index is 218. The Morgan fingerprint density at radius 1 is 1.77 bits per heavy atom. The maximum atomic E-state index is 10.9. The molecule has 0 radical (unpaired) electrons. The fraction of sp³-hybridized carbons (Fsp3) is 0.500. The van der Waals surface area contributed by atoms with Crippen LogP contribution in [0.1, 0.15) is 19.8 Å². The zero-order valence-corrected chi connectivity index (χ0v) is 7.73. The molecule has 0 fully saturated rings. The number of rotatable bonds is 3. The molecule has 0 aromatic rings. The summed E-state index contributed by atoms with van der Waals surface area (Å²) in [6.45, 7) is 2.12. The molecular weight excluding hydrogens is 168 g/mol. The summed E-state index contributed by atoms with van der Waals surface area (Å²) in [6.07, 6.45) is 8.62. The van der Waals surface area contributed by atoms with Gasteiger partial charge in [0, 0.05) is 6.08 Å². The van der Waals surface area contributed by atoms with Crippen LogP contribution in [0, 0.1) is 0 Å². The predicted molar refractivity (Wildman–Crippen MR) is 49.0 cm³/mol. The smallest absolute Gasteiger partial charge is 0.330 e. The van der Waals surface area contributed by atoms with E-state index in [-0.39, 0.29) is 12.1 Å². The van der Waals surface area contributed by atoms with Crippen molar-refractivity contribution in [2.75, 3.05) is 6.61 Å². The van der Waals surface area contributed by atoms with E-state index in [1.807, 2.05) is 6.08 Å². The molecule has 1 atom stereocenters. The monoisotopic (exact) mass is 182 g/mol. The van der Waals surface area contributed by atoms with Crippen LogP contribution in [0.3, 0.4) is 0 Å². The molecule has 0 amide bonds. The molecule has 0 aromatic carbocycles. The van der Waals surface area contributed by atoms with Crippen molar-refractivity contribution in [3.63, 3.8) is 0 Å². The van der Waals surface area contributed by atoms with Crippen LogP contribution in [-0.2, 0) is 14.3 Å². The van der Waals surface area contributed by atoms with Gasteiger partial charge in [0.25, 0.3) is 0 Å². The largest absolute Gasteiger partial charge is 0.495 e. The van der Waals surface area contributed by atoms with Crippen molar-refractivity contribution in [1.29, 1.82) is 0 Å². The third-order valence-corrected chi connectivity index (χ3v) is 1.74. The zero-order valence-electron chi connectivity index (χ0n) is 7.73. The Balaban J connectivity index is 2.18. The topological polar surface area (TPSA) is 35.5 Å². The van der Waals surface area contributed by atoms with Gasteiger partial charge >= 0.3 is 5.97 Å². The molecular formula is C10H14O3. The van der Waals surface area contributed by atoms with Gasteiger partial charge in [-0.05, 0) is 25.8 Å². The molecule has 0 aliphatic carbocycles. The standard InChI is InChI=1S/C10H14O3/c1-2-5-10(11)13-8-9-6-3-4-7-12-9/h2,4-5,7,9H,3,6,8H2,1H3. The van der Waals surface area contributed by atoms with Crippen molar-refractivity contribution in [2.24, 2.45) is 0 Å². The van der Waals surface area contributed by atoms with Crippen molar-refractivity contribution in [3.05, 3.63) is 24.5 Å². The highest BCUT2D eigenvalue weighted by Gasteiger charge is 2.12. The minimum atomic E-state index is -0.305. The number of ether oxygens (including phenoxy) is 2. The average molecular weight is 182 g/mol. The molecule has 1 unspecified atom stereocenters.